The highest BCUT2D eigenvalue weighted by Gasteiger charge is 2.21. The van der Waals surface area contributed by atoms with Gasteiger partial charge in [0, 0.05) is 26.8 Å². The van der Waals surface area contributed by atoms with Gasteiger partial charge in [-0.3, -0.25) is 0 Å². The molecule has 84 valence electrons. The van der Waals surface area contributed by atoms with Crippen molar-refractivity contribution in [3.8, 4) is 6.19 Å². The fourth-order valence-corrected chi connectivity index (χ4v) is 2.39. The van der Waals surface area contributed by atoms with E-state index in [4.69, 9.17) is 10.00 Å². The average molecular weight is 227 g/mol. The van der Waals surface area contributed by atoms with Crippen LogP contribution in [-0.4, -0.2) is 43.1 Å². The van der Waals surface area contributed by atoms with E-state index in [9.17, 15) is 0 Å². The SMILES string of the molecule is COCC1CCN(C(=NC#N)SC)CC1. The first-order valence-corrected chi connectivity index (χ1v) is 6.29. The molecule has 5 heteroatoms. The van der Waals surface area contributed by atoms with Crippen molar-refractivity contribution in [2.75, 3.05) is 33.1 Å². The quantitative estimate of drug-likeness (QED) is 0.408. The highest BCUT2D eigenvalue weighted by Crippen LogP contribution is 2.19. The Morgan fingerprint density at radius 3 is 2.73 bits per heavy atom. The van der Waals surface area contributed by atoms with Crippen LogP contribution in [0.5, 0.6) is 0 Å². The molecule has 1 fully saturated rings. The number of ether oxygens (including phenoxy) is 1. The molecule has 0 unspecified atom stereocenters. The number of piperidine rings is 1. The lowest BCUT2D eigenvalue weighted by molar-refractivity contribution is 0.120. The summed E-state index contributed by atoms with van der Waals surface area (Å²) < 4.78 is 5.14. The number of thioether (sulfide) groups is 1. The summed E-state index contributed by atoms with van der Waals surface area (Å²) in [6.07, 6.45) is 6.06. The standard InChI is InChI=1S/C10H17N3OS/c1-14-7-9-3-5-13(6-4-9)10(15-2)12-8-11/h9H,3-7H2,1-2H3. The Kier molecular flexibility index (Phi) is 5.51. The Morgan fingerprint density at radius 2 is 2.27 bits per heavy atom. The maximum Gasteiger partial charge on any atom is 0.208 e. The predicted molar refractivity (Wildman–Crippen MR) is 62.7 cm³/mol. The minimum atomic E-state index is 0.663. The van der Waals surface area contributed by atoms with Crippen LogP contribution in [0.2, 0.25) is 0 Å². The molecule has 0 atom stereocenters. The molecule has 1 aliphatic heterocycles. The summed E-state index contributed by atoms with van der Waals surface area (Å²) >= 11 is 1.54. The zero-order valence-corrected chi connectivity index (χ0v) is 10.1. The van der Waals surface area contributed by atoms with Gasteiger partial charge in [-0.15, -0.1) is 4.99 Å². The van der Waals surface area contributed by atoms with Crippen LogP contribution in [0.25, 0.3) is 0 Å². The van der Waals surface area contributed by atoms with Crippen molar-refractivity contribution in [1.82, 2.24) is 4.90 Å². The first-order valence-electron chi connectivity index (χ1n) is 5.06. The van der Waals surface area contributed by atoms with E-state index in [1.807, 2.05) is 12.4 Å². The second kappa shape index (κ2) is 6.70. The number of aliphatic imine (C=N–C) groups is 1. The van der Waals surface area contributed by atoms with Crippen LogP contribution in [0.3, 0.4) is 0 Å². The molecule has 0 aromatic heterocycles. The van der Waals surface area contributed by atoms with E-state index in [0.717, 1.165) is 37.7 Å². The van der Waals surface area contributed by atoms with Crippen molar-refractivity contribution in [3.05, 3.63) is 0 Å². The molecular weight excluding hydrogens is 210 g/mol. The third kappa shape index (κ3) is 3.73. The second-order valence-corrected chi connectivity index (χ2v) is 4.36. The van der Waals surface area contributed by atoms with Gasteiger partial charge in [0.05, 0.1) is 0 Å². The first-order chi connectivity index (χ1) is 7.31. The van der Waals surface area contributed by atoms with Gasteiger partial charge in [0.2, 0.25) is 6.19 Å². The lowest BCUT2D eigenvalue weighted by Gasteiger charge is -2.32. The van der Waals surface area contributed by atoms with Gasteiger partial charge in [0.15, 0.2) is 5.17 Å². The number of hydrogen-bond acceptors (Lipinski definition) is 4. The molecule has 0 radical (unpaired) electrons. The molecule has 15 heavy (non-hydrogen) atoms. The molecular formula is C10H17N3OS. The van der Waals surface area contributed by atoms with Crippen molar-refractivity contribution in [2.24, 2.45) is 10.9 Å². The van der Waals surface area contributed by atoms with E-state index in [2.05, 4.69) is 9.89 Å². The number of likely N-dealkylation sites (tertiary alicyclic amines) is 1. The van der Waals surface area contributed by atoms with Crippen molar-refractivity contribution >= 4 is 16.9 Å². The highest BCUT2D eigenvalue weighted by molar-refractivity contribution is 8.13. The minimum Gasteiger partial charge on any atom is -0.384 e. The van der Waals surface area contributed by atoms with Crippen LogP contribution in [0.1, 0.15) is 12.8 Å². The molecule has 1 saturated heterocycles. The number of hydrogen-bond donors (Lipinski definition) is 0. The van der Waals surface area contributed by atoms with Crippen LogP contribution >= 0.6 is 11.8 Å². The Hall–Kier alpha value is -0.730. The van der Waals surface area contributed by atoms with E-state index in [0.29, 0.717) is 5.92 Å². The van der Waals surface area contributed by atoms with Gasteiger partial charge in [-0.1, -0.05) is 11.8 Å². The Balaban J connectivity index is 2.43. The Labute approximate surface area is 95.3 Å². The number of nitriles is 1. The third-order valence-electron chi connectivity index (χ3n) is 2.62. The molecule has 0 aromatic carbocycles. The first kappa shape index (κ1) is 12.3. The van der Waals surface area contributed by atoms with Gasteiger partial charge in [-0.2, -0.15) is 5.26 Å². The number of amidine groups is 1. The van der Waals surface area contributed by atoms with Gasteiger partial charge in [-0.05, 0) is 25.0 Å². The summed E-state index contributed by atoms with van der Waals surface area (Å²) in [4.78, 5) is 6.00. The number of methoxy groups -OCH3 is 1. The normalized spacial score (nSPS) is 19.0. The fourth-order valence-electron chi connectivity index (χ4n) is 1.81. The van der Waals surface area contributed by atoms with Gasteiger partial charge in [-0.25, -0.2) is 0 Å². The molecule has 1 heterocycles. The average Bonchev–Trinajstić information content (AvgIpc) is 2.28. The van der Waals surface area contributed by atoms with E-state index in [1.54, 1.807) is 7.11 Å². The summed E-state index contributed by atoms with van der Waals surface area (Å²) in [6.45, 7) is 2.81. The highest BCUT2D eigenvalue weighted by atomic mass is 32.2. The van der Waals surface area contributed by atoms with Gasteiger partial charge in [0.25, 0.3) is 0 Å². The molecule has 0 saturated carbocycles. The van der Waals surface area contributed by atoms with Crippen LogP contribution < -0.4 is 0 Å². The number of rotatable bonds is 2. The van der Waals surface area contributed by atoms with E-state index in [1.165, 1.54) is 11.8 Å². The zero-order chi connectivity index (χ0) is 11.1. The van der Waals surface area contributed by atoms with Crippen molar-refractivity contribution < 1.29 is 4.74 Å². The van der Waals surface area contributed by atoms with Crippen LogP contribution in [0, 0.1) is 17.4 Å². The smallest absolute Gasteiger partial charge is 0.208 e. The molecule has 0 N–H and O–H groups in total. The fraction of sp³-hybridized carbons (Fsp3) is 0.800. The van der Waals surface area contributed by atoms with Crippen molar-refractivity contribution in [2.45, 2.75) is 12.8 Å². The Bertz CT molecular complexity index is 254. The van der Waals surface area contributed by atoms with Crippen LogP contribution in [0.15, 0.2) is 4.99 Å². The molecule has 0 spiro atoms. The summed E-state index contributed by atoms with van der Waals surface area (Å²) in [5.74, 6) is 0.663. The van der Waals surface area contributed by atoms with Crippen molar-refractivity contribution in [1.29, 1.82) is 5.26 Å². The van der Waals surface area contributed by atoms with Crippen molar-refractivity contribution in [3.63, 3.8) is 0 Å². The topological polar surface area (TPSA) is 48.6 Å². The van der Waals surface area contributed by atoms with E-state index < -0.39 is 0 Å². The predicted octanol–water partition coefficient (Wildman–Crippen LogP) is 1.54. The van der Waals surface area contributed by atoms with Gasteiger partial charge < -0.3 is 9.64 Å². The van der Waals surface area contributed by atoms with Gasteiger partial charge >= 0.3 is 0 Å². The number of nitrogens with zero attached hydrogens (tertiary/aromatic N) is 3. The lowest BCUT2D eigenvalue weighted by Crippen LogP contribution is -2.38. The molecule has 4 nitrogen and oxygen atoms in total. The summed E-state index contributed by atoms with van der Waals surface area (Å²) in [6, 6.07) is 0. The lowest BCUT2D eigenvalue weighted by atomic mass is 9.98. The largest absolute Gasteiger partial charge is 0.384 e. The molecule has 0 aromatic rings. The van der Waals surface area contributed by atoms with E-state index in [-0.39, 0.29) is 0 Å². The zero-order valence-electron chi connectivity index (χ0n) is 9.27. The summed E-state index contributed by atoms with van der Waals surface area (Å²) in [5.41, 5.74) is 0. The Morgan fingerprint density at radius 1 is 1.60 bits per heavy atom. The molecule has 0 bridgehead atoms. The molecule has 0 aliphatic carbocycles. The molecule has 1 rings (SSSR count). The second-order valence-electron chi connectivity index (χ2n) is 3.58. The minimum absolute atomic E-state index is 0.663. The molecule has 0 amide bonds. The molecule has 1 aliphatic rings. The summed E-state index contributed by atoms with van der Waals surface area (Å²) in [7, 11) is 1.75. The van der Waals surface area contributed by atoms with Gasteiger partial charge in [0.1, 0.15) is 0 Å². The summed E-state index contributed by atoms with van der Waals surface area (Å²) in [5, 5.41) is 9.38. The third-order valence-corrected chi connectivity index (χ3v) is 3.33. The van der Waals surface area contributed by atoms with E-state index >= 15 is 0 Å². The maximum atomic E-state index is 8.54. The van der Waals surface area contributed by atoms with Crippen LogP contribution in [0.4, 0.5) is 0 Å². The van der Waals surface area contributed by atoms with Crippen LogP contribution in [-0.2, 0) is 4.74 Å². The monoisotopic (exact) mass is 227 g/mol. The maximum absolute atomic E-state index is 8.54.